The molecule has 0 bridgehead atoms. The van der Waals surface area contributed by atoms with E-state index in [4.69, 9.17) is 16.3 Å². The SMILES string of the molecule is CCc1ccccc1NCc1cccc(OCc2cccc(Cl)c2)c1. The summed E-state index contributed by atoms with van der Waals surface area (Å²) in [6.45, 7) is 3.45. The van der Waals surface area contributed by atoms with Gasteiger partial charge in [0, 0.05) is 17.3 Å². The number of benzene rings is 3. The van der Waals surface area contributed by atoms with Gasteiger partial charge < -0.3 is 10.1 Å². The molecule has 1 N–H and O–H groups in total. The number of para-hydroxylation sites is 1. The molecule has 0 amide bonds. The first-order valence-electron chi connectivity index (χ1n) is 8.52. The van der Waals surface area contributed by atoms with E-state index < -0.39 is 0 Å². The second-order valence-electron chi connectivity index (χ2n) is 5.93. The minimum atomic E-state index is 0.510. The number of halogens is 1. The Morgan fingerprint density at radius 2 is 1.68 bits per heavy atom. The van der Waals surface area contributed by atoms with E-state index >= 15 is 0 Å². The predicted molar refractivity (Wildman–Crippen MR) is 105 cm³/mol. The first-order valence-corrected chi connectivity index (χ1v) is 8.90. The second-order valence-corrected chi connectivity index (χ2v) is 6.37. The molecule has 0 spiro atoms. The largest absolute Gasteiger partial charge is 0.489 e. The molecule has 0 atom stereocenters. The maximum Gasteiger partial charge on any atom is 0.120 e. The fourth-order valence-corrected chi connectivity index (χ4v) is 2.95. The van der Waals surface area contributed by atoms with E-state index in [1.54, 1.807) is 0 Å². The third-order valence-corrected chi connectivity index (χ3v) is 4.31. The van der Waals surface area contributed by atoms with Crippen molar-refractivity contribution in [1.29, 1.82) is 0 Å². The van der Waals surface area contributed by atoms with Crippen LogP contribution in [-0.2, 0) is 19.6 Å². The first-order chi connectivity index (χ1) is 12.2. The van der Waals surface area contributed by atoms with Crippen LogP contribution in [0.15, 0.2) is 72.8 Å². The van der Waals surface area contributed by atoms with Crippen LogP contribution in [0.3, 0.4) is 0 Å². The lowest BCUT2D eigenvalue weighted by Crippen LogP contribution is -2.02. The van der Waals surface area contributed by atoms with Gasteiger partial charge in [-0.05, 0) is 53.4 Å². The molecule has 0 aliphatic rings. The normalized spacial score (nSPS) is 10.5. The molecule has 128 valence electrons. The summed E-state index contributed by atoms with van der Waals surface area (Å²) in [5, 5.41) is 4.25. The fraction of sp³-hybridized carbons (Fsp3) is 0.182. The zero-order chi connectivity index (χ0) is 17.5. The molecule has 3 aromatic carbocycles. The van der Waals surface area contributed by atoms with Gasteiger partial charge in [-0.2, -0.15) is 0 Å². The quantitative estimate of drug-likeness (QED) is 0.555. The van der Waals surface area contributed by atoms with Gasteiger partial charge in [0.25, 0.3) is 0 Å². The van der Waals surface area contributed by atoms with Crippen LogP contribution in [0.25, 0.3) is 0 Å². The summed E-state index contributed by atoms with van der Waals surface area (Å²) < 4.78 is 5.90. The first kappa shape index (κ1) is 17.4. The predicted octanol–water partition coefficient (Wildman–Crippen LogP) is 6.09. The molecule has 0 radical (unpaired) electrons. The van der Waals surface area contributed by atoms with Gasteiger partial charge in [-0.3, -0.25) is 0 Å². The average Bonchev–Trinajstić information content (AvgIpc) is 2.65. The van der Waals surface area contributed by atoms with Gasteiger partial charge in [0.05, 0.1) is 0 Å². The van der Waals surface area contributed by atoms with Crippen molar-refractivity contribution in [3.05, 3.63) is 94.5 Å². The molecule has 0 heterocycles. The number of anilines is 1. The molecule has 0 unspecified atom stereocenters. The zero-order valence-electron chi connectivity index (χ0n) is 14.3. The third-order valence-electron chi connectivity index (χ3n) is 4.07. The number of rotatable bonds is 7. The number of hydrogen-bond donors (Lipinski definition) is 1. The Labute approximate surface area is 154 Å². The van der Waals surface area contributed by atoms with E-state index in [1.807, 2.05) is 36.4 Å². The summed E-state index contributed by atoms with van der Waals surface area (Å²) in [5.74, 6) is 0.864. The van der Waals surface area contributed by atoms with Crippen LogP contribution < -0.4 is 10.1 Å². The smallest absolute Gasteiger partial charge is 0.120 e. The number of nitrogens with one attached hydrogen (secondary N) is 1. The molecule has 0 fully saturated rings. The van der Waals surface area contributed by atoms with Gasteiger partial charge in [-0.15, -0.1) is 0 Å². The van der Waals surface area contributed by atoms with Crippen LogP contribution in [0.5, 0.6) is 5.75 Å². The Kier molecular flexibility index (Phi) is 5.97. The van der Waals surface area contributed by atoms with Crippen LogP contribution >= 0.6 is 11.6 Å². The molecular weight excluding hydrogens is 330 g/mol. The van der Waals surface area contributed by atoms with E-state index in [0.29, 0.717) is 6.61 Å². The standard InChI is InChI=1S/C22H22ClNO/c1-2-19-9-3-4-12-22(19)24-15-17-7-6-11-21(14-17)25-16-18-8-5-10-20(23)13-18/h3-14,24H,2,15-16H2,1H3. The molecule has 2 nitrogen and oxygen atoms in total. The Hall–Kier alpha value is -2.45. The van der Waals surface area contributed by atoms with Crippen LogP contribution in [0.2, 0.25) is 5.02 Å². The van der Waals surface area contributed by atoms with Crippen molar-refractivity contribution in [2.24, 2.45) is 0 Å². The van der Waals surface area contributed by atoms with Crippen molar-refractivity contribution >= 4 is 17.3 Å². The maximum absolute atomic E-state index is 6.01. The summed E-state index contributed by atoms with van der Waals surface area (Å²) >= 11 is 6.01. The molecule has 0 aliphatic carbocycles. The Morgan fingerprint density at radius 1 is 0.880 bits per heavy atom. The van der Waals surface area contributed by atoms with Crippen molar-refractivity contribution in [1.82, 2.24) is 0 Å². The molecule has 0 saturated carbocycles. The van der Waals surface area contributed by atoms with Crippen molar-refractivity contribution in [2.75, 3.05) is 5.32 Å². The fourth-order valence-electron chi connectivity index (χ4n) is 2.74. The summed E-state index contributed by atoms with van der Waals surface area (Å²) in [6.07, 6.45) is 1.02. The lowest BCUT2D eigenvalue weighted by molar-refractivity contribution is 0.306. The average molecular weight is 352 g/mol. The Balaban J connectivity index is 1.61. The topological polar surface area (TPSA) is 21.3 Å². The van der Waals surface area contributed by atoms with E-state index in [-0.39, 0.29) is 0 Å². The minimum Gasteiger partial charge on any atom is -0.489 e. The monoisotopic (exact) mass is 351 g/mol. The summed E-state index contributed by atoms with van der Waals surface area (Å²) in [7, 11) is 0. The minimum absolute atomic E-state index is 0.510. The van der Waals surface area contributed by atoms with Gasteiger partial charge in [0.2, 0.25) is 0 Å². The maximum atomic E-state index is 6.01. The number of ether oxygens (including phenoxy) is 1. The van der Waals surface area contributed by atoms with Crippen LogP contribution in [0.1, 0.15) is 23.6 Å². The van der Waals surface area contributed by atoms with Crippen molar-refractivity contribution < 1.29 is 4.74 Å². The van der Waals surface area contributed by atoms with E-state index in [1.165, 1.54) is 16.8 Å². The Morgan fingerprint density at radius 3 is 2.52 bits per heavy atom. The zero-order valence-corrected chi connectivity index (χ0v) is 15.1. The lowest BCUT2D eigenvalue weighted by atomic mass is 10.1. The van der Waals surface area contributed by atoms with Crippen molar-refractivity contribution in [2.45, 2.75) is 26.5 Å². The number of aryl methyl sites for hydroxylation is 1. The lowest BCUT2D eigenvalue weighted by Gasteiger charge is -2.12. The van der Waals surface area contributed by atoms with Crippen molar-refractivity contribution in [3.63, 3.8) is 0 Å². The van der Waals surface area contributed by atoms with Gasteiger partial charge in [0.1, 0.15) is 12.4 Å². The van der Waals surface area contributed by atoms with Gasteiger partial charge in [-0.25, -0.2) is 0 Å². The summed E-state index contributed by atoms with van der Waals surface area (Å²) in [6, 6.07) is 24.3. The molecule has 3 heteroatoms. The van der Waals surface area contributed by atoms with E-state index in [0.717, 1.165) is 29.3 Å². The highest BCUT2D eigenvalue weighted by atomic mass is 35.5. The molecule has 0 saturated heterocycles. The highest BCUT2D eigenvalue weighted by Gasteiger charge is 2.02. The third kappa shape index (κ3) is 5.01. The van der Waals surface area contributed by atoms with Gasteiger partial charge in [-0.1, -0.05) is 61.0 Å². The van der Waals surface area contributed by atoms with Crippen LogP contribution in [-0.4, -0.2) is 0 Å². The summed E-state index contributed by atoms with van der Waals surface area (Å²) in [4.78, 5) is 0. The molecule has 3 aromatic rings. The second kappa shape index (κ2) is 8.59. The van der Waals surface area contributed by atoms with Gasteiger partial charge in [0.15, 0.2) is 0 Å². The number of hydrogen-bond acceptors (Lipinski definition) is 2. The molecule has 0 aromatic heterocycles. The summed E-state index contributed by atoms with van der Waals surface area (Å²) in [5.41, 5.74) is 4.77. The highest BCUT2D eigenvalue weighted by Crippen LogP contribution is 2.20. The van der Waals surface area contributed by atoms with Crippen LogP contribution in [0, 0.1) is 0 Å². The molecular formula is C22H22ClNO. The van der Waals surface area contributed by atoms with Crippen molar-refractivity contribution in [3.8, 4) is 5.75 Å². The Bertz CT molecular complexity index is 832. The molecule has 0 aliphatic heterocycles. The highest BCUT2D eigenvalue weighted by molar-refractivity contribution is 6.30. The molecule has 3 rings (SSSR count). The van der Waals surface area contributed by atoms with E-state index in [2.05, 4.69) is 48.6 Å². The van der Waals surface area contributed by atoms with Gasteiger partial charge >= 0.3 is 0 Å². The van der Waals surface area contributed by atoms with E-state index in [9.17, 15) is 0 Å². The van der Waals surface area contributed by atoms with Crippen LogP contribution in [0.4, 0.5) is 5.69 Å². The molecule has 25 heavy (non-hydrogen) atoms.